The summed E-state index contributed by atoms with van der Waals surface area (Å²) in [6.07, 6.45) is 4.03. The first kappa shape index (κ1) is 14.7. The molecule has 0 aromatic heterocycles. The number of hydrogen-bond donors (Lipinski definition) is 1. The predicted octanol–water partition coefficient (Wildman–Crippen LogP) is -0.522. The molecule has 0 aromatic rings. The molecule has 0 bridgehead atoms. The van der Waals surface area contributed by atoms with Crippen LogP contribution in [0, 0.1) is 5.92 Å². The number of rotatable bonds is 4. The molecule has 0 aromatic carbocycles. The van der Waals surface area contributed by atoms with Gasteiger partial charge in [0.2, 0.25) is 15.9 Å². The van der Waals surface area contributed by atoms with Crippen LogP contribution < -0.4 is 5.32 Å². The van der Waals surface area contributed by atoms with Crippen molar-refractivity contribution in [3.63, 3.8) is 0 Å². The van der Waals surface area contributed by atoms with Gasteiger partial charge in [-0.25, -0.2) is 12.7 Å². The number of carbonyl (C=O) groups excluding carboxylic acids is 1. The number of piperidine rings is 1. The molecule has 2 rings (SSSR count). The van der Waals surface area contributed by atoms with E-state index in [0.29, 0.717) is 19.0 Å². The monoisotopic (exact) mass is 289 g/mol. The molecule has 1 N–H and O–H groups in total. The Morgan fingerprint density at radius 3 is 2.63 bits per heavy atom. The molecule has 2 aliphatic heterocycles. The maximum atomic E-state index is 11.8. The summed E-state index contributed by atoms with van der Waals surface area (Å²) in [5, 5.41) is 3.29. The third-order valence-corrected chi connectivity index (χ3v) is 5.30. The van der Waals surface area contributed by atoms with Crippen LogP contribution in [0.25, 0.3) is 0 Å². The van der Waals surface area contributed by atoms with E-state index in [1.807, 2.05) is 7.05 Å². The normalized spacial score (nSPS) is 30.0. The Balaban J connectivity index is 1.82. The van der Waals surface area contributed by atoms with E-state index in [2.05, 4.69) is 5.32 Å². The molecule has 2 fully saturated rings. The van der Waals surface area contributed by atoms with Crippen LogP contribution in [0.1, 0.15) is 19.3 Å². The minimum atomic E-state index is -3.09. The molecule has 0 saturated carbocycles. The standard InChI is InChI=1S/C12H23N3O3S/c1-14-7-5-11(12(14)16)13-8-10-4-3-6-15(9-10)19(2,17)18/h10-11,13H,3-9H2,1-2H3. The fourth-order valence-corrected chi connectivity index (χ4v) is 3.76. The van der Waals surface area contributed by atoms with Crippen LogP contribution >= 0.6 is 0 Å². The Morgan fingerprint density at radius 1 is 1.32 bits per heavy atom. The Labute approximate surface area is 115 Å². The molecular formula is C12H23N3O3S. The van der Waals surface area contributed by atoms with Gasteiger partial charge in [0.05, 0.1) is 12.3 Å². The second-order valence-corrected chi connectivity index (χ2v) is 7.62. The minimum absolute atomic E-state index is 0.0846. The fraction of sp³-hybridized carbons (Fsp3) is 0.917. The Bertz CT molecular complexity index is 438. The molecule has 2 heterocycles. The summed E-state index contributed by atoms with van der Waals surface area (Å²) in [6.45, 7) is 2.72. The molecule has 0 radical (unpaired) electrons. The lowest BCUT2D eigenvalue weighted by Gasteiger charge is -2.31. The molecule has 2 aliphatic rings. The smallest absolute Gasteiger partial charge is 0.239 e. The van der Waals surface area contributed by atoms with Crippen molar-refractivity contribution >= 4 is 15.9 Å². The van der Waals surface area contributed by atoms with Gasteiger partial charge in [-0.15, -0.1) is 0 Å². The molecule has 0 aliphatic carbocycles. The number of sulfonamides is 1. The molecule has 2 saturated heterocycles. The number of carbonyl (C=O) groups is 1. The van der Waals surface area contributed by atoms with Gasteiger partial charge in [0.25, 0.3) is 0 Å². The number of likely N-dealkylation sites (tertiary alicyclic amines) is 1. The molecule has 2 atom stereocenters. The summed E-state index contributed by atoms with van der Waals surface area (Å²) in [4.78, 5) is 13.5. The molecule has 0 spiro atoms. The predicted molar refractivity (Wildman–Crippen MR) is 73.2 cm³/mol. The number of nitrogens with zero attached hydrogens (tertiary/aromatic N) is 2. The van der Waals surface area contributed by atoms with E-state index < -0.39 is 10.0 Å². The first-order valence-electron chi connectivity index (χ1n) is 6.81. The van der Waals surface area contributed by atoms with Crippen molar-refractivity contribution in [1.82, 2.24) is 14.5 Å². The number of nitrogens with one attached hydrogen (secondary N) is 1. The third kappa shape index (κ3) is 3.67. The van der Waals surface area contributed by atoms with Gasteiger partial charge in [0, 0.05) is 26.7 Å². The Morgan fingerprint density at radius 2 is 2.05 bits per heavy atom. The van der Waals surface area contributed by atoms with Crippen molar-refractivity contribution in [3.05, 3.63) is 0 Å². The van der Waals surface area contributed by atoms with Gasteiger partial charge in [-0.3, -0.25) is 4.79 Å². The van der Waals surface area contributed by atoms with Gasteiger partial charge in [-0.2, -0.15) is 0 Å². The first-order valence-corrected chi connectivity index (χ1v) is 8.66. The highest BCUT2D eigenvalue weighted by molar-refractivity contribution is 7.88. The van der Waals surface area contributed by atoms with E-state index in [0.717, 1.165) is 32.4 Å². The zero-order valence-electron chi connectivity index (χ0n) is 11.6. The molecule has 2 unspecified atom stereocenters. The summed E-state index contributed by atoms with van der Waals surface area (Å²) in [6, 6.07) is -0.0846. The minimum Gasteiger partial charge on any atom is -0.344 e. The van der Waals surface area contributed by atoms with Gasteiger partial charge in [0.1, 0.15) is 0 Å². The third-order valence-electron chi connectivity index (χ3n) is 4.03. The topological polar surface area (TPSA) is 69.7 Å². The molecule has 7 heteroatoms. The average molecular weight is 289 g/mol. The summed E-state index contributed by atoms with van der Waals surface area (Å²) in [5.74, 6) is 0.456. The summed E-state index contributed by atoms with van der Waals surface area (Å²) in [5.41, 5.74) is 0. The highest BCUT2D eigenvalue weighted by Crippen LogP contribution is 2.18. The van der Waals surface area contributed by atoms with Crippen LogP contribution in [-0.2, 0) is 14.8 Å². The van der Waals surface area contributed by atoms with Crippen LogP contribution in [0.3, 0.4) is 0 Å². The van der Waals surface area contributed by atoms with E-state index in [1.54, 1.807) is 9.21 Å². The molecule has 6 nitrogen and oxygen atoms in total. The number of likely N-dealkylation sites (N-methyl/N-ethyl adjacent to an activating group) is 1. The van der Waals surface area contributed by atoms with Crippen LogP contribution in [0.15, 0.2) is 0 Å². The van der Waals surface area contributed by atoms with Crippen LogP contribution in [0.4, 0.5) is 0 Å². The van der Waals surface area contributed by atoms with Crippen molar-refractivity contribution in [2.24, 2.45) is 5.92 Å². The zero-order valence-corrected chi connectivity index (χ0v) is 12.4. The van der Waals surface area contributed by atoms with Crippen molar-refractivity contribution in [2.75, 3.05) is 39.5 Å². The van der Waals surface area contributed by atoms with E-state index in [1.165, 1.54) is 6.26 Å². The van der Waals surface area contributed by atoms with Gasteiger partial charge < -0.3 is 10.2 Å². The molecule has 110 valence electrons. The second kappa shape index (κ2) is 5.76. The van der Waals surface area contributed by atoms with E-state index >= 15 is 0 Å². The highest BCUT2D eigenvalue weighted by Gasteiger charge is 2.30. The number of hydrogen-bond acceptors (Lipinski definition) is 4. The van der Waals surface area contributed by atoms with Crippen molar-refractivity contribution in [2.45, 2.75) is 25.3 Å². The quantitative estimate of drug-likeness (QED) is 0.756. The SMILES string of the molecule is CN1CCC(NCC2CCCN(S(C)(=O)=O)C2)C1=O. The maximum Gasteiger partial charge on any atom is 0.239 e. The van der Waals surface area contributed by atoms with Crippen molar-refractivity contribution < 1.29 is 13.2 Å². The van der Waals surface area contributed by atoms with E-state index in [-0.39, 0.29) is 11.9 Å². The summed E-state index contributed by atoms with van der Waals surface area (Å²) >= 11 is 0. The Hall–Kier alpha value is -0.660. The molecular weight excluding hydrogens is 266 g/mol. The summed E-state index contributed by atoms with van der Waals surface area (Å²) in [7, 11) is -1.27. The average Bonchev–Trinajstić information content (AvgIpc) is 2.67. The summed E-state index contributed by atoms with van der Waals surface area (Å²) < 4.78 is 24.6. The molecule has 1 amide bonds. The van der Waals surface area contributed by atoms with Crippen molar-refractivity contribution in [1.29, 1.82) is 0 Å². The molecule has 19 heavy (non-hydrogen) atoms. The lowest BCUT2D eigenvalue weighted by molar-refractivity contribution is -0.128. The van der Waals surface area contributed by atoms with Gasteiger partial charge in [0.15, 0.2) is 0 Å². The highest BCUT2D eigenvalue weighted by atomic mass is 32.2. The fourth-order valence-electron chi connectivity index (χ4n) is 2.82. The van der Waals surface area contributed by atoms with Gasteiger partial charge in [-0.05, 0) is 31.7 Å². The largest absolute Gasteiger partial charge is 0.344 e. The number of amides is 1. The van der Waals surface area contributed by atoms with Crippen LogP contribution in [0.2, 0.25) is 0 Å². The van der Waals surface area contributed by atoms with E-state index in [4.69, 9.17) is 0 Å². The van der Waals surface area contributed by atoms with E-state index in [9.17, 15) is 13.2 Å². The van der Waals surface area contributed by atoms with Crippen LogP contribution in [0.5, 0.6) is 0 Å². The Kier molecular flexibility index (Phi) is 4.47. The first-order chi connectivity index (χ1) is 8.88. The van der Waals surface area contributed by atoms with Crippen LogP contribution in [-0.4, -0.2) is 69.1 Å². The zero-order chi connectivity index (χ0) is 14.0. The maximum absolute atomic E-state index is 11.8. The second-order valence-electron chi connectivity index (χ2n) is 5.64. The lowest BCUT2D eigenvalue weighted by Crippen LogP contribution is -2.45. The van der Waals surface area contributed by atoms with Gasteiger partial charge >= 0.3 is 0 Å². The van der Waals surface area contributed by atoms with Crippen molar-refractivity contribution in [3.8, 4) is 0 Å². The lowest BCUT2D eigenvalue weighted by atomic mass is 9.99. The van der Waals surface area contributed by atoms with Gasteiger partial charge in [-0.1, -0.05) is 0 Å².